The Hall–Kier alpha value is -3.44. The molecule has 12 heteroatoms. The summed E-state index contributed by atoms with van der Waals surface area (Å²) in [6.45, 7) is 7.47. The van der Waals surface area contributed by atoms with Crippen molar-refractivity contribution in [3.05, 3.63) is 68.3 Å². The predicted octanol–water partition coefficient (Wildman–Crippen LogP) is 3.64. The first kappa shape index (κ1) is 26.6. The highest BCUT2D eigenvalue weighted by Crippen LogP contribution is 2.35. The van der Waals surface area contributed by atoms with Crippen molar-refractivity contribution in [3.8, 4) is 11.4 Å². The number of sulfone groups is 1. The van der Waals surface area contributed by atoms with Crippen LogP contribution in [0, 0.1) is 27.7 Å². The molecular formula is C25H29ClN6O4S. The van der Waals surface area contributed by atoms with E-state index in [4.69, 9.17) is 11.6 Å². The molecule has 0 amide bonds. The number of carboxylic acid groups (broad SMARTS) is 1. The number of hydrogen-bond acceptors (Lipinski definition) is 6. The maximum atomic E-state index is 12.6. The first-order valence-corrected chi connectivity index (χ1v) is 13.8. The maximum Gasteiger partial charge on any atom is 0.339 e. The van der Waals surface area contributed by atoms with E-state index in [9.17, 15) is 18.3 Å². The molecule has 37 heavy (non-hydrogen) atoms. The maximum absolute atomic E-state index is 12.6. The van der Waals surface area contributed by atoms with Gasteiger partial charge in [0.1, 0.15) is 11.3 Å². The summed E-state index contributed by atoms with van der Waals surface area (Å²) in [4.78, 5) is 12.2. The topological polar surface area (TPSA) is 125 Å². The number of halogens is 1. The first-order valence-electron chi connectivity index (χ1n) is 11.5. The summed E-state index contributed by atoms with van der Waals surface area (Å²) >= 11 is 6.91. The van der Waals surface area contributed by atoms with Crippen LogP contribution in [0.1, 0.15) is 49.8 Å². The Bertz CT molecular complexity index is 1660. The van der Waals surface area contributed by atoms with E-state index >= 15 is 0 Å². The van der Waals surface area contributed by atoms with E-state index in [-0.39, 0.29) is 17.0 Å². The summed E-state index contributed by atoms with van der Waals surface area (Å²) in [5.41, 5.74) is 5.90. The van der Waals surface area contributed by atoms with Crippen molar-refractivity contribution in [1.29, 1.82) is 0 Å². The monoisotopic (exact) mass is 544 g/mol. The zero-order valence-corrected chi connectivity index (χ0v) is 23.4. The molecule has 0 atom stereocenters. The van der Waals surface area contributed by atoms with E-state index in [0.717, 1.165) is 23.2 Å². The third-order valence-electron chi connectivity index (χ3n) is 6.46. The van der Waals surface area contributed by atoms with Crippen LogP contribution in [-0.2, 0) is 36.9 Å². The van der Waals surface area contributed by atoms with Crippen LogP contribution < -0.4 is 0 Å². The fourth-order valence-corrected chi connectivity index (χ4v) is 6.13. The highest BCUT2D eigenvalue weighted by atomic mass is 35.5. The van der Waals surface area contributed by atoms with Crippen molar-refractivity contribution in [2.45, 2.75) is 45.6 Å². The molecule has 10 nitrogen and oxygen atoms in total. The number of nitrogens with zero attached hydrogens (tertiary/aromatic N) is 6. The van der Waals surface area contributed by atoms with Crippen LogP contribution >= 0.6 is 11.6 Å². The minimum atomic E-state index is -3.56. The molecule has 4 aromatic rings. The summed E-state index contributed by atoms with van der Waals surface area (Å²) < 4.78 is 30.2. The second-order valence-electron chi connectivity index (χ2n) is 9.32. The van der Waals surface area contributed by atoms with Crippen LogP contribution in [-0.4, -0.2) is 55.1 Å². The molecule has 1 aromatic carbocycles. The first-order chi connectivity index (χ1) is 17.2. The normalized spacial score (nSPS) is 11.9. The summed E-state index contributed by atoms with van der Waals surface area (Å²) in [6.07, 6.45) is 1.47. The molecule has 0 fully saturated rings. The molecule has 0 aliphatic rings. The lowest BCUT2D eigenvalue weighted by molar-refractivity contribution is 0.0697. The molecule has 0 unspecified atom stereocenters. The zero-order valence-electron chi connectivity index (χ0n) is 21.8. The van der Waals surface area contributed by atoms with Gasteiger partial charge in [0, 0.05) is 43.6 Å². The smallest absolute Gasteiger partial charge is 0.339 e. The largest absolute Gasteiger partial charge is 0.478 e. The van der Waals surface area contributed by atoms with E-state index in [0.29, 0.717) is 45.3 Å². The molecule has 0 bridgehead atoms. The van der Waals surface area contributed by atoms with Crippen molar-refractivity contribution >= 4 is 27.4 Å². The minimum absolute atomic E-state index is 0.107. The molecule has 196 valence electrons. The molecule has 0 saturated heterocycles. The van der Waals surface area contributed by atoms with Crippen LogP contribution in [0.3, 0.4) is 0 Å². The molecule has 0 spiro atoms. The fourth-order valence-electron chi connectivity index (χ4n) is 4.85. The lowest BCUT2D eigenvalue weighted by atomic mass is 9.98. The summed E-state index contributed by atoms with van der Waals surface area (Å²) in [6, 6.07) is 5.19. The molecule has 0 aliphatic heterocycles. The fraction of sp³-hybridized carbons (Fsp3) is 0.360. The van der Waals surface area contributed by atoms with Gasteiger partial charge in [-0.1, -0.05) is 17.7 Å². The van der Waals surface area contributed by atoms with E-state index in [1.807, 2.05) is 26.8 Å². The van der Waals surface area contributed by atoms with E-state index in [2.05, 4.69) is 15.3 Å². The van der Waals surface area contributed by atoms with Crippen LogP contribution in [0.4, 0.5) is 0 Å². The SMILES string of the molecule is Cc1cc(C)n(Cc2c(S(C)(=O)=O)ccc(Cc3c(C)nn(C)c3-c3c(C(=O)O)c(C)nn3C)c2Cl)n1. The van der Waals surface area contributed by atoms with Gasteiger partial charge in [0.15, 0.2) is 9.84 Å². The van der Waals surface area contributed by atoms with Crippen molar-refractivity contribution in [1.82, 2.24) is 29.3 Å². The second-order valence-corrected chi connectivity index (χ2v) is 11.7. The minimum Gasteiger partial charge on any atom is -0.478 e. The number of benzene rings is 1. The highest BCUT2D eigenvalue weighted by molar-refractivity contribution is 7.90. The van der Waals surface area contributed by atoms with Gasteiger partial charge in [0.05, 0.1) is 39.2 Å². The Morgan fingerprint density at radius 3 is 2.16 bits per heavy atom. The van der Waals surface area contributed by atoms with Gasteiger partial charge in [0.25, 0.3) is 0 Å². The molecule has 0 radical (unpaired) electrons. The molecule has 4 rings (SSSR count). The van der Waals surface area contributed by atoms with Gasteiger partial charge in [0.2, 0.25) is 0 Å². The molecular weight excluding hydrogens is 516 g/mol. The van der Waals surface area contributed by atoms with Crippen molar-refractivity contribution in [2.24, 2.45) is 14.1 Å². The van der Waals surface area contributed by atoms with Crippen molar-refractivity contribution in [3.63, 3.8) is 0 Å². The summed E-state index contributed by atoms with van der Waals surface area (Å²) in [7, 11) is -0.116. The quantitative estimate of drug-likeness (QED) is 0.376. The van der Waals surface area contributed by atoms with E-state index < -0.39 is 15.8 Å². The molecule has 0 saturated carbocycles. The van der Waals surface area contributed by atoms with Gasteiger partial charge in [-0.25, -0.2) is 13.2 Å². The molecule has 0 aliphatic carbocycles. The van der Waals surface area contributed by atoms with Crippen LogP contribution in [0.15, 0.2) is 23.1 Å². The number of aromatic carboxylic acids is 1. The number of hydrogen-bond donors (Lipinski definition) is 1. The highest BCUT2D eigenvalue weighted by Gasteiger charge is 2.28. The number of carbonyl (C=O) groups is 1. The number of aryl methyl sites for hydroxylation is 6. The van der Waals surface area contributed by atoms with Gasteiger partial charge in [-0.15, -0.1) is 0 Å². The zero-order chi connectivity index (χ0) is 27.4. The van der Waals surface area contributed by atoms with Gasteiger partial charge in [-0.05, 0) is 45.4 Å². The Morgan fingerprint density at radius 1 is 0.973 bits per heavy atom. The van der Waals surface area contributed by atoms with Gasteiger partial charge in [-0.2, -0.15) is 15.3 Å². The predicted molar refractivity (Wildman–Crippen MR) is 140 cm³/mol. The van der Waals surface area contributed by atoms with Crippen LogP contribution in [0.2, 0.25) is 5.02 Å². The Balaban J connectivity index is 1.89. The summed E-state index contributed by atoms with van der Waals surface area (Å²) in [5, 5.41) is 23.6. The Morgan fingerprint density at radius 2 is 1.59 bits per heavy atom. The van der Waals surface area contributed by atoms with E-state index in [1.54, 1.807) is 47.2 Å². The third-order valence-corrected chi connectivity index (χ3v) is 8.12. The van der Waals surface area contributed by atoms with E-state index in [1.165, 1.54) is 0 Å². The Kier molecular flexibility index (Phi) is 6.80. The number of aromatic nitrogens is 6. The van der Waals surface area contributed by atoms with Crippen LogP contribution in [0.25, 0.3) is 11.4 Å². The second kappa shape index (κ2) is 9.46. The standard InChI is InChI=1S/C25H29ClN6O4S/c1-13-10-14(2)32(27-13)12-19-20(37(7,35)36)9-8-17(22(19)26)11-18-15(3)28-30(5)23(18)24-21(25(33)34)16(4)29-31(24)6/h8-10H,11-12H2,1-7H3,(H,33,34). The summed E-state index contributed by atoms with van der Waals surface area (Å²) in [5.74, 6) is -1.08. The lowest BCUT2D eigenvalue weighted by Gasteiger charge is -2.16. The van der Waals surface area contributed by atoms with Crippen LogP contribution in [0.5, 0.6) is 0 Å². The molecule has 3 aromatic heterocycles. The number of carboxylic acids is 1. The Labute approximate surface area is 220 Å². The lowest BCUT2D eigenvalue weighted by Crippen LogP contribution is -2.11. The van der Waals surface area contributed by atoms with Gasteiger partial charge in [-0.3, -0.25) is 14.0 Å². The third kappa shape index (κ3) is 4.80. The molecule has 3 heterocycles. The molecule has 1 N–H and O–H groups in total. The van der Waals surface area contributed by atoms with Crippen molar-refractivity contribution in [2.75, 3.05) is 6.26 Å². The van der Waals surface area contributed by atoms with Gasteiger partial charge < -0.3 is 5.11 Å². The van der Waals surface area contributed by atoms with Crippen molar-refractivity contribution < 1.29 is 18.3 Å². The average Bonchev–Trinajstić information content (AvgIpc) is 3.34. The number of rotatable bonds is 7. The van der Waals surface area contributed by atoms with Gasteiger partial charge >= 0.3 is 5.97 Å². The average molecular weight is 545 g/mol.